The number of anilines is 1. The van der Waals surface area contributed by atoms with Gasteiger partial charge in [-0.15, -0.1) is 0 Å². The number of hydrogen-bond donors (Lipinski definition) is 2. The van der Waals surface area contributed by atoms with Gasteiger partial charge in [-0.05, 0) is 43.4 Å². The SMILES string of the molecule is CCC(CC)(CN)C(=O)Nc1cccc(CSC2CCOCC2)c1. The average molecular weight is 351 g/mol. The van der Waals surface area contributed by atoms with E-state index in [1.807, 2.05) is 37.7 Å². The van der Waals surface area contributed by atoms with Crippen molar-refractivity contribution in [2.75, 3.05) is 25.1 Å². The van der Waals surface area contributed by atoms with Crippen molar-refractivity contribution in [3.05, 3.63) is 29.8 Å². The normalized spacial score (nSPS) is 16.1. The Morgan fingerprint density at radius 3 is 2.67 bits per heavy atom. The molecule has 1 aliphatic rings. The lowest BCUT2D eigenvalue weighted by Gasteiger charge is -2.28. The van der Waals surface area contributed by atoms with E-state index < -0.39 is 5.41 Å². The maximum atomic E-state index is 12.6. The lowest BCUT2D eigenvalue weighted by Crippen LogP contribution is -2.41. The van der Waals surface area contributed by atoms with Gasteiger partial charge in [-0.2, -0.15) is 11.8 Å². The van der Waals surface area contributed by atoms with Crippen LogP contribution in [0.15, 0.2) is 24.3 Å². The van der Waals surface area contributed by atoms with E-state index in [0.29, 0.717) is 11.8 Å². The second-order valence-corrected chi connectivity index (χ2v) is 7.76. The summed E-state index contributed by atoms with van der Waals surface area (Å²) in [5.41, 5.74) is 7.52. The zero-order chi connectivity index (χ0) is 17.4. The minimum Gasteiger partial charge on any atom is -0.381 e. The summed E-state index contributed by atoms with van der Waals surface area (Å²) in [6.07, 6.45) is 3.77. The number of carbonyl (C=O) groups is 1. The van der Waals surface area contributed by atoms with Gasteiger partial charge in [0.05, 0.1) is 5.41 Å². The van der Waals surface area contributed by atoms with E-state index in [0.717, 1.165) is 50.3 Å². The van der Waals surface area contributed by atoms with Crippen LogP contribution in [0.1, 0.15) is 45.1 Å². The van der Waals surface area contributed by atoms with Gasteiger partial charge in [-0.3, -0.25) is 4.79 Å². The van der Waals surface area contributed by atoms with Crippen LogP contribution in [0.5, 0.6) is 0 Å². The van der Waals surface area contributed by atoms with Crippen molar-refractivity contribution in [2.24, 2.45) is 11.1 Å². The molecule has 1 aromatic carbocycles. The molecule has 0 bridgehead atoms. The van der Waals surface area contributed by atoms with Crippen molar-refractivity contribution in [3.63, 3.8) is 0 Å². The summed E-state index contributed by atoms with van der Waals surface area (Å²) in [7, 11) is 0. The molecule has 1 fully saturated rings. The van der Waals surface area contributed by atoms with Gasteiger partial charge < -0.3 is 15.8 Å². The average Bonchev–Trinajstić information content (AvgIpc) is 2.63. The van der Waals surface area contributed by atoms with Crippen LogP contribution in [-0.4, -0.2) is 30.9 Å². The predicted molar refractivity (Wildman–Crippen MR) is 102 cm³/mol. The first-order valence-electron chi connectivity index (χ1n) is 8.93. The number of thioether (sulfide) groups is 1. The third-order valence-electron chi connectivity index (χ3n) is 5.06. The molecule has 0 saturated carbocycles. The lowest BCUT2D eigenvalue weighted by atomic mass is 9.81. The molecule has 3 N–H and O–H groups in total. The summed E-state index contributed by atoms with van der Waals surface area (Å²) < 4.78 is 5.41. The van der Waals surface area contributed by atoms with Gasteiger partial charge in [-0.1, -0.05) is 26.0 Å². The van der Waals surface area contributed by atoms with Crippen LogP contribution in [0.4, 0.5) is 5.69 Å². The van der Waals surface area contributed by atoms with Gasteiger partial charge in [0, 0.05) is 36.4 Å². The van der Waals surface area contributed by atoms with E-state index in [1.165, 1.54) is 5.56 Å². The fourth-order valence-corrected chi connectivity index (χ4v) is 4.15. The van der Waals surface area contributed by atoms with E-state index >= 15 is 0 Å². The zero-order valence-corrected chi connectivity index (χ0v) is 15.7. The fourth-order valence-electron chi connectivity index (χ4n) is 3.01. The summed E-state index contributed by atoms with van der Waals surface area (Å²) in [5.74, 6) is 1.00. The van der Waals surface area contributed by atoms with Crippen LogP contribution in [-0.2, 0) is 15.3 Å². The maximum absolute atomic E-state index is 12.6. The molecule has 0 radical (unpaired) electrons. The molecule has 2 rings (SSSR count). The van der Waals surface area contributed by atoms with Crippen LogP contribution in [0.2, 0.25) is 0 Å². The predicted octanol–water partition coefficient (Wildman–Crippen LogP) is 3.80. The van der Waals surface area contributed by atoms with Crippen LogP contribution in [0.3, 0.4) is 0 Å². The van der Waals surface area contributed by atoms with Crippen molar-refractivity contribution in [2.45, 2.75) is 50.5 Å². The van der Waals surface area contributed by atoms with Crippen molar-refractivity contribution in [1.82, 2.24) is 0 Å². The Bertz CT molecular complexity index is 518. The first-order chi connectivity index (χ1) is 11.6. The van der Waals surface area contributed by atoms with Crippen molar-refractivity contribution in [3.8, 4) is 0 Å². The highest BCUT2D eigenvalue weighted by molar-refractivity contribution is 7.99. The monoisotopic (exact) mass is 350 g/mol. The van der Waals surface area contributed by atoms with E-state index in [1.54, 1.807) is 0 Å². The molecule has 0 aliphatic carbocycles. The zero-order valence-electron chi connectivity index (χ0n) is 14.8. The molecule has 0 unspecified atom stereocenters. The van der Waals surface area contributed by atoms with Crippen LogP contribution >= 0.6 is 11.8 Å². The number of nitrogens with one attached hydrogen (secondary N) is 1. The summed E-state index contributed by atoms with van der Waals surface area (Å²) in [6.45, 7) is 6.19. The molecule has 134 valence electrons. The quantitative estimate of drug-likeness (QED) is 0.748. The lowest BCUT2D eigenvalue weighted by molar-refractivity contribution is -0.125. The molecule has 1 amide bonds. The molecular weight excluding hydrogens is 320 g/mol. The summed E-state index contributed by atoms with van der Waals surface area (Å²) >= 11 is 1.98. The molecular formula is C19H30N2O2S. The smallest absolute Gasteiger partial charge is 0.231 e. The first kappa shape index (κ1) is 19.3. The van der Waals surface area contributed by atoms with Crippen molar-refractivity contribution in [1.29, 1.82) is 0 Å². The topological polar surface area (TPSA) is 64.4 Å². The minimum atomic E-state index is -0.465. The third kappa shape index (κ3) is 4.98. The highest BCUT2D eigenvalue weighted by atomic mass is 32.2. The van der Waals surface area contributed by atoms with Gasteiger partial charge in [-0.25, -0.2) is 0 Å². The third-order valence-corrected chi connectivity index (χ3v) is 6.51. The summed E-state index contributed by atoms with van der Waals surface area (Å²) in [6, 6.07) is 8.17. The van der Waals surface area contributed by atoms with Gasteiger partial charge in [0.1, 0.15) is 0 Å². The summed E-state index contributed by atoms with van der Waals surface area (Å²) in [5, 5.41) is 3.75. The van der Waals surface area contributed by atoms with Crippen LogP contribution < -0.4 is 11.1 Å². The molecule has 0 spiro atoms. The van der Waals surface area contributed by atoms with E-state index in [9.17, 15) is 4.79 Å². The van der Waals surface area contributed by atoms with Gasteiger partial charge in [0.25, 0.3) is 0 Å². The molecule has 5 heteroatoms. The Morgan fingerprint density at radius 2 is 2.04 bits per heavy atom. The molecule has 1 aliphatic heterocycles. The van der Waals surface area contributed by atoms with E-state index in [2.05, 4.69) is 17.4 Å². The largest absolute Gasteiger partial charge is 0.381 e. The molecule has 0 atom stereocenters. The number of carbonyl (C=O) groups excluding carboxylic acids is 1. The molecule has 1 heterocycles. The van der Waals surface area contributed by atoms with Crippen LogP contribution in [0, 0.1) is 5.41 Å². The first-order valence-corrected chi connectivity index (χ1v) is 9.98. The number of nitrogens with two attached hydrogens (primary N) is 1. The summed E-state index contributed by atoms with van der Waals surface area (Å²) in [4.78, 5) is 12.6. The standard InChI is InChI=1S/C19H30N2O2S/c1-3-19(4-2,14-20)18(22)21-16-7-5-6-15(12-16)13-24-17-8-10-23-11-9-17/h5-7,12,17H,3-4,8-11,13-14,20H2,1-2H3,(H,21,22). The number of amides is 1. The second kappa shape index (κ2) is 9.44. The van der Waals surface area contributed by atoms with Gasteiger partial charge in [0.15, 0.2) is 0 Å². The van der Waals surface area contributed by atoms with E-state index in [-0.39, 0.29) is 5.91 Å². The highest BCUT2D eigenvalue weighted by Gasteiger charge is 2.33. The van der Waals surface area contributed by atoms with Gasteiger partial charge in [0.2, 0.25) is 5.91 Å². The number of rotatable bonds is 8. The Morgan fingerprint density at radius 1 is 1.33 bits per heavy atom. The molecule has 4 nitrogen and oxygen atoms in total. The van der Waals surface area contributed by atoms with Crippen molar-refractivity contribution < 1.29 is 9.53 Å². The van der Waals surface area contributed by atoms with Gasteiger partial charge >= 0.3 is 0 Å². The Kier molecular flexibility index (Phi) is 7.59. The number of ether oxygens (including phenoxy) is 1. The molecule has 1 saturated heterocycles. The Balaban J connectivity index is 1.95. The Hall–Kier alpha value is -1.04. The van der Waals surface area contributed by atoms with E-state index in [4.69, 9.17) is 10.5 Å². The molecule has 1 aromatic rings. The second-order valence-electron chi connectivity index (χ2n) is 6.47. The molecule has 0 aromatic heterocycles. The highest BCUT2D eigenvalue weighted by Crippen LogP contribution is 2.29. The minimum absolute atomic E-state index is 0.0317. The Labute approximate surface area is 149 Å². The van der Waals surface area contributed by atoms with Crippen LogP contribution in [0.25, 0.3) is 0 Å². The number of benzene rings is 1. The maximum Gasteiger partial charge on any atom is 0.231 e. The number of hydrogen-bond acceptors (Lipinski definition) is 4. The fraction of sp³-hybridized carbons (Fsp3) is 0.632. The molecule has 24 heavy (non-hydrogen) atoms. The van der Waals surface area contributed by atoms with Crippen molar-refractivity contribution >= 4 is 23.4 Å².